The van der Waals surface area contributed by atoms with Crippen molar-refractivity contribution >= 4 is 5.91 Å². The quantitative estimate of drug-likeness (QED) is 0.692. The Hall–Kier alpha value is -3.62. The van der Waals surface area contributed by atoms with Crippen LogP contribution in [0.2, 0.25) is 0 Å². The van der Waals surface area contributed by atoms with Gasteiger partial charge in [-0.3, -0.25) is 19.1 Å². The number of aromatic amines is 1. The number of nitrogens with zero attached hydrogens (tertiary/aromatic N) is 5. The van der Waals surface area contributed by atoms with Gasteiger partial charge in [-0.2, -0.15) is 0 Å². The lowest BCUT2D eigenvalue weighted by Crippen LogP contribution is -2.42. The van der Waals surface area contributed by atoms with Gasteiger partial charge in [0.1, 0.15) is 11.5 Å². The molecule has 0 spiro atoms. The number of likely N-dealkylation sites (tertiary alicyclic amines) is 1. The molecule has 160 valence electrons. The van der Waals surface area contributed by atoms with Crippen molar-refractivity contribution in [2.45, 2.75) is 39.2 Å². The third kappa shape index (κ3) is 3.90. The standard InChI is InChI=1S/C22H24N6O3/c1-13-11-23-8-7-15(13)16-12-24-14(2)25-20(16)18-6-4-5-9-28(18)21(30)17-10-19(29)27(3)22(31)26-17/h7-8,10-12,18H,4-6,9H2,1-3H3,(H,26,31). The van der Waals surface area contributed by atoms with E-state index in [0.717, 1.165) is 46.2 Å². The molecule has 0 bridgehead atoms. The van der Waals surface area contributed by atoms with Crippen LogP contribution < -0.4 is 11.2 Å². The molecule has 31 heavy (non-hydrogen) atoms. The monoisotopic (exact) mass is 420 g/mol. The van der Waals surface area contributed by atoms with Gasteiger partial charge in [0.25, 0.3) is 11.5 Å². The highest BCUT2D eigenvalue weighted by Crippen LogP contribution is 2.36. The van der Waals surface area contributed by atoms with Crippen molar-refractivity contribution < 1.29 is 4.79 Å². The van der Waals surface area contributed by atoms with Crippen molar-refractivity contribution in [3.8, 4) is 11.1 Å². The molecular formula is C22H24N6O3. The Morgan fingerprint density at radius 3 is 2.71 bits per heavy atom. The van der Waals surface area contributed by atoms with Crippen LogP contribution in [-0.2, 0) is 7.05 Å². The van der Waals surface area contributed by atoms with E-state index in [1.807, 2.05) is 19.9 Å². The molecular weight excluding hydrogens is 396 g/mol. The fraction of sp³-hybridized carbons (Fsp3) is 0.364. The number of carbonyl (C=O) groups is 1. The number of hydrogen-bond donors (Lipinski definition) is 1. The van der Waals surface area contributed by atoms with E-state index in [0.29, 0.717) is 12.4 Å². The SMILES string of the molecule is Cc1ncc(-c2ccncc2C)c(C2CCCCN2C(=O)c2cc(=O)n(C)c(=O)[nH]2)n1. The molecule has 1 N–H and O–H groups in total. The maximum absolute atomic E-state index is 13.4. The van der Waals surface area contributed by atoms with E-state index in [2.05, 4.69) is 15.0 Å². The average Bonchev–Trinajstić information content (AvgIpc) is 2.77. The van der Waals surface area contributed by atoms with Crippen LogP contribution in [0, 0.1) is 13.8 Å². The van der Waals surface area contributed by atoms with Crippen LogP contribution in [0.3, 0.4) is 0 Å². The molecule has 3 aromatic rings. The molecule has 1 fully saturated rings. The second-order valence-electron chi connectivity index (χ2n) is 7.80. The summed E-state index contributed by atoms with van der Waals surface area (Å²) in [6.07, 6.45) is 7.81. The largest absolute Gasteiger partial charge is 0.329 e. The van der Waals surface area contributed by atoms with Crippen molar-refractivity contribution in [1.82, 2.24) is 29.4 Å². The molecule has 0 saturated carbocycles. The minimum Gasteiger partial charge on any atom is -0.329 e. The van der Waals surface area contributed by atoms with Gasteiger partial charge in [0.2, 0.25) is 0 Å². The minimum atomic E-state index is -0.615. The second-order valence-corrected chi connectivity index (χ2v) is 7.80. The van der Waals surface area contributed by atoms with Crippen LogP contribution in [0.5, 0.6) is 0 Å². The lowest BCUT2D eigenvalue weighted by Gasteiger charge is -2.36. The van der Waals surface area contributed by atoms with Gasteiger partial charge < -0.3 is 9.88 Å². The molecule has 1 unspecified atom stereocenters. The Labute approximate surface area is 178 Å². The fourth-order valence-corrected chi connectivity index (χ4v) is 4.01. The van der Waals surface area contributed by atoms with Gasteiger partial charge in [0.05, 0.1) is 11.7 Å². The summed E-state index contributed by atoms with van der Waals surface area (Å²) < 4.78 is 0.933. The fourth-order valence-electron chi connectivity index (χ4n) is 4.01. The first-order valence-corrected chi connectivity index (χ1v) is 10.2. The van der Waals surface area contributed by atoms with Crippen LogP contribution >= 0.6 is 0 Å². The van der Waals surface area contributed by atoms with E-state index in [1.54, 1.807) is 23.5 Å². The van der Waals surface area contributed by atoms with Crippen LogP contribution in [0.4, 0.5) is 0 Å². The van der Waals surface area contributed by atoms with Gasteiger partial charge >= 0.3 is 5.69 Å². The highest BCUT2D eigenvalue weighted by Gasteiger charge is 2.32. The first kappa shape index (κ1) is 20.6. The average molecular weight is 420 g/mol. The zero-order valence-electron chi connectivity index (χ0n) is 17.8. The number of amides is 1. The molecule has 4 rings (SSSR count). The molecule has 1 saturated heterocycles. The highest BCUT2D eigenvalue weighted by molar-refractivity contribution is 5.92. The predicted octanol–water partition coefficient (Wildman–Crippen LogP) is 1.91. The molecule has 0 radical (unpaired) electrons. The number of nitrogens with one attached hydrogen (secondary N) is 1. The lowest BCUT2D eigenvalue weighted by atomic mass is 9.92. The third-order valence-electron chi connectivity index (χ3n) is 5.70. The van der Waals surface area contributed by atoms with Crippen LogP contribution in [0.15, 0.2) is 40.3 Å². The lowest BCUT2D eigenvalue weighted by molar-refractivity contribution is 0.0599. The van der Waals surface area contributed by atoms with Crippen molar-refractivity contribution in [3.05, 3.63) is 74.3 Å². The van der Waals surface area contributed by atoms with Gasteiger partial charge in [-0.1, -0.05) is 0 Å². The predicted molar refractivity (Wildman–Crippen MR) is 115 cm³/mol. The Morgan fingerprint density at radius 2 is 1.97 bits per heavy atom. The van der Waals surface area contributed by atoms with Crippen molar-refractivity contribution in [3.63, 3.8) is 0 Å². The Kier molecular flexibility index (Phi) is 5.50. The Balaban J connectivity index is 1.81. The molecule has 3 aromatic heterocycles. The van der Waals surface area contributed by atoms with E-state index in [-0.39, 0.29) is 17.6 Å². The zero-order valence-corrected chi connectivity index (χ0v) is 17.8. The molecule has 0 aromatic carbocycles. The molecule has 9 nitrogen and oxygen atoms in total. The maximum Gasteiger partial charge on any atom is 0.328 e. The number of aromatic nitrogens is 5. The maximum atomic E-state index is 13.4. The zero-order chi connectivity index (χ0) is 22.1. The van der Waals surface area contributed by atoms with Crippen LogP contribution in [0.1, 0.15) is 52.9 Å². The first-order valence-electron chi connectivity index (χ1n) is 10.2. The van der Waals surface area contributed by atoms with Gasteiger partial charge in [-0.15, -0.1) is 0 Å². The molecule has 1 aliphatic heterocycles. The summed E-state index contributed by atoms with van der Waals surface area (Å²) in [4.78, 5) is 55.0. The van der Waals surface area contributed by atoms with Crippen LogP contribution in [-0.4, -0.2) is 41.9 Å². The molecule has 4 heterocycles. The number of pyridine rings is 1. The van der Waals surface area contributed by atoms with Gasteiger partial charge in [-0.05, 0) is 50.3 Å². The van der Waals surface area contributed by atoms with Gasteiger partial charge in [0.15, 0.2) is 0 Å². The number of piperidine rings is 1. The van der Waals surface area contributed by atoms with E-state index >= 15 is 0 Å². The smallest absolute Gasteiger partial charge is 0.328 e. The Morgan fingerprint density at radius 1 is 1.16 bits per heavy atom. The normalized spacial score (nSPS) is 16.4. The molecule has 1 aliphatic rings. The summed E-state index contributed by atoms with van der Waals surface area (Å²) in [6, 6.07) is 2.80. The van der Waals surface area contributed by atoms with Crippen molar-refractivity contribution in [2.75, 3.05) is 6.54 Å². The van der Waals surface area contributed by atoms with Crippen LogP contribution in [0.25, 0.3) is 11.1 Å². The number of rotatable bonds is 3. The number of carbonyl (C=O) groups excluding carboxylic acids is 1. The highest BCUT2D eigenvalue weighted by atomic mass is 16.2. The summed E-state index contributed by atoms with van der Waals surface area (Å²) in [6.45, 7) is 4.30. The van der Waals surface area contributed by atoms with Gasteiger partial charge in [0, 0.05) is 43.8 Å². The molecule has 1 atom stereocenters. The number of H-pyrrole nitrogens is 1. The van der Waals surface area contributed by atoms with Crippen molar-refractivity contribution in [2.24, 2.45) is 7.05 Å². The van der Waals surface area contributed by atoms with Gasteiger partial charge in [-0.25, -0.2) is 14.8 Å². The molecule has 9 heteroatoms. The summed E-state index contributed by atoms with van der Waals surface area (Å²) in [7, 11) is 1.37. The van der Waals surface area contributed by atoms with E-state index in [9.17, 15) is 14.4 Å². The second kappa shape index (κ2) is 8.25. The summed E-state index contributed by atoms with van der Waals surface area (Å²) in [5.41, 5.74) is 2.42. The van der Waals surface area contributed by atoms with E-state index in [1.165, 1.54) is 13.1 Å². The Bertz CT molecular complexity index is 1230. The summed E-state index contributed by atoms with van der Waals surface area (Å²) in [5, 5.41) is 0. The number of hydrogen-bond acceptors (Lipinski definition) is 6. The van der Waals surface area contributed by atoms with E-state index < -0.39 is 11.2 Å². The summed E-state index contributed by atoms with van der Waals surface area (Å²) in [5.74, 6) is 0.235. The molecule has 0 aliphatic carbocycles. The summed E-state index contributed by atoms with van der Waals surface area (Å²) >= 11 is 0. The first-order chi connectivity index (χ1) is 14.9. The molecule has 1 amide bonds. The third-order valence-corrected chi connectivity index (χ3v) is 5.70. The van der Waals surface area contributed by atoms with E-state index in [4.69, 9.17) is 4.98 Å². The topological polar surface area (TPSA) is 114 Å². The minimum absolute atomic E-state index is 0.00702. The van der Waals surface area contributed by atoms with Crippen molar-refractivity contribution in [1.29, 1.82) is 0 Å². The number of aryl methyl sites for hydroxylation is 2.